The van der Waals surface area contributed by atoms with E-state index in [9.17, 15) is 0 Å². The van der Waals surface area contributed by atoms with Crippen LogP contribution in [0.2, 0.25) is 0 Å². The molecule has 1 N–H and O–H groups in total. The average molecular weight is 242 g/mol. The Morgan fingerprint density at radius 1 is 1.11 bits per heavy atom. The van der Waals surface area contributed by atoms with Crippen LogP contribution < -0.4 is 5.32 Å². The summed E-state index contributed by atoms with van der Waals surface area (Å²) in [4.78, 5) is 0. The molecule has 1 aromatic rings. The van der Waals surface area contributed by atoms with E-state index in [2.05, 4.69) is 18.3 Å². The molecule has 0 spiro atoms. The summed E-state index contributed by atoms with van der Waals surface area (Å²) in [5.74, 6) is 1.79. The lowest BCUT2D eigenvalue weighted by atomic mass is 9.81. The van der Waals surface area contributed by atoms with Crippen molar-refractivity contribution in [3.05, 3.63) is 29.8 Å². The second-order valence-electron chi connectivity index (χ2n) is 5.37. The van der Waals surface area contributed by atoms with Gasteiger partial charge < -0.3 is 5.32 Å². The third-order valence-corrected chi connectivity index (χ3v) is 4.15. The maximum atomic E-state index is 8.74. The maximum Gasteiger partial charge on any atom is 0.0991 e. The summed E-state index contributed by atoms with van der Waals surface area (Å²) in [7, 11) is 0. The molecule has 18 heavy (non-hydrogen) atoms. The molecular weight excluding hydrogens is 220 g/mol. The number of nitrogens with one attached hydrogen (secondary N) is 1. The Balaban J connectivity index is 1.76. The van der Waals surface area contributed by atoms with Crippen LogP contribution in [0.3, 0.4) is 0 Å². The Bertz CT molecular complexity index is 394. The van der Waals surface area contributed by atoms with E-state index in [0.29, 0.717) is 0 Å². The number of rotatable bonds is 4. The summed E-state index contributed by atoms with van der Waals surface area (Å²) >= 11 is 0. The van der Waals surface area contributed by atoms with Gasteiger partial charge in [0.2, 0.25) is 0 Å². The zero-order valence-electron chi connectivity index (χ0n) is 11.2. The lowest BCUT2D eigenvalue weighted by Crippen LogP contribution is -2.20. The average Bonchev–Trinajstić information content (AvgIpc) is 2.46. The van der Waals surface area contributed by atoms with E-state index in [1.165, 1.54) is 32.1 Å². The summed E-state index contributed by atoms with van der Waals surface area (Å²) in [6.45, 7) is 3.38. The van der Waals surface area contributed by atoms with Crippen molar-refractivity contribution in [2.24, 2.45) is 11.8 Å². The predicted molar refractivity (Wildman–Crippen MR) is 75.4 cm³/mol. The van der Waals surface area contributed by atoms with E-state index in [-0.39, 0.29) is 0 Å². The highest BCUT2D eigenvalue weighted by Gasteiger charge is 2.19. The first-order valence-electron chi connectivity index (χ1n) is 7.06. The predicted octanol–water partition coefficient (Wildman–Crippen LogP) is 4.19. The molecule has 1 saturated carbocycles. The summed E-state index contributed by atoms with van der Waals surface area (Å²) in [6, 6.07) is 9.88. The second kappa shape index (κ2) is 6.44. The summed E-state index contributed by atoms with van der Waals surface area (Å²) in [5.41, 5.74) is 1.86. The van der Waals surface area contributed by atoms with Gasteiger partial charge in [0, 0.05) is 12.2 Å². The van der Waals surface area contributed by atoms with Crippen LogP contribution in [0.1, 0.15) is 44.6 Å². The van der Waals surface area contributed by atoms with Crippen molar-refractivity contribution in [3.63, 3.8) is 0 Å². The highest BCUT2D eigenvalue weighted by Crippen LogP contribution is 2.30. The molecule has 0 unspecified atom stereocenters. The molecule has 1 aliphatic carbocycles. The van der Waals surface area contributed by atoms with E-state index >= 15 is 0 Å². The minimum Gasteiger partial charge on any atom is -0.385 e. The fourth-order valence-corrected chi connectivity index (χ4v) is 2.77. The molecule has 0 bridgehead atoms. The van der Waals surface area contributed by atoms with Crippen molar-refractivity contribution in [1.82, 2.24) is 0 Å². The minimum atomic E-state index is 0.726. The van der Waals surface area contributed by atoms with Crippen LogP contribution in [0, 0.1) is 23.2 Å². The Labute approximate surface area is 110 Å². The zero-order chi connectivity index (χ0) is 12.8. The largest absolute Gasteiger partial charge is 0.385 e. The van der Waals surface area contributed by atoms with Crippen molar-refractivity contribution in [3.8, 4) is 6.07 Å². The number of hydrogen-bond donors (Lipinski definition) is 1. The van der Waals surface area contributed by atoms with Gasteiger partial charge in [0.15, 0.2) is 0 Å². The molecule has 2 rings (SSSR count). The van der Waals surface area contributed by atoms with Crippen LogP contribution in [-0.4, -0.2) is 6.54 Å². The van der Waals surface area contributed by atoms with Gasteiger partial charge in [-0.05, 0) is 48.9 Å². The highest BCUT2D eigenvalue weighted by molar-refractivity contribution is 5.47. The van der Waals surface area contributed by atoms with E-state index in [4.69, 9.17) is 5.26 Å². The van der Waals surface area contributed by atoms with Gasteiger partial charge >= 0.3 is 0 Å². The molecule has 1 aromatic carbocycles. The third-order valence-electron chi connectivity index (χ3n) is 4.15. The molecule has 0 aromatic heterocycles. The SMILES string of the molecule is CCC1CCC(CNc2ccc(C#N)cc2)CC1. The summed E-state index contributed by atoms with van der Waals surface area (Å²) in [6.07, 6.45) is 6.87. The Morgan fingerprint density at radius 3 is 2.28 bits per heavy atom. The van der Waals surface area contributed by atoms with Gasteiger partial charge in [-0.2, -0.15) is 5.26 Å². The summed E-state index contributed by atoms with van der Waals surface area (Å²) in [5, 5.41) is 12.2. The quantitative estimate of drug-likeness (QED) is 0.859. The maximum absolute atomic E-state index is 8.74. The van der Waals surface area contributed by atoms with Crippen LogP contribution in [-0.2, 0) is 0 Å². The van der Waals surface area contributed by atoms with Crippen molar-refractivity contribution >= 4 is 5.69 Å². The molecule has 1 aliphatic rings. The monoisotopic (exact) mass is 242 g/mol. The fourth-order valence-electron chi connectivity index (χ4n) is 2.77. The Morgan fingerprint density at radius 2 is 1.72 bits per heavy atom. The number of hydrogen-bond acceptors (Lipinski definition) is 2. The van der Waals surface area contributed by atoms with Gasteiger partial charge in [-0.3, -0.25) is 0 Å². The molecule has 0 atom stereocenters. The van der Waals surface area contributed by atoms with Gasteiger partial charge in [0.25, 0.3) is 0 Å². The number of nitrogens with zero attached hydrogens (tertiary/aromatic N) is 1. The number of anilines is 1. The van der Waals surface area contributed by atoms with Crippen molar-refractivity contribution < 1.29 is 0 Å². The Kier molecular flexibility index (Phi) is 4.64. The standard InChI is InChI=1S/C16H22N2/c1-2-13-3-5-15(6-4-13)12-18-16-9-7-14(11-17)8-10-16/h7-10,13,15,18H,2-6,12H2,1H3. The molecule has 0 amide bonds. The molecule has 0 saturated heterocycles. The van der Waals surface area contributed by atoms with Crippen LogP contribution in [0.25, 0.3) is 0 Å². The Hall–Kier alpha value is -1.49. The first-order valence-corrected chi connectivity index (χ1v) is 7.06. The van der Waals surface area contributed by atoms with Gasteiger partial charge in [-0.15, -0.1) is 0 Å². The van der Waals surface area contributed by atoms with Gasteiger partial charge in [0.1, 0.15) is 0 Å². The fraction of sp³-hybridized carbons (Fsp3) is 0.562. The van der Waals surface area contributed by atoms with E-state index in [1.54, 1.807) is 0 Å². The lowest BCUT2D eigenvalue weighted by molar-refractivity contribution is 0.278. The normalized spacial score (nSPS) is 23.3. The van der Waals surface area contributed by atoms with Gasteiger partial charge in [-0.1, -0.05) is 26.2 Å². The van der Waals surface area contributed by atoms with Gasteiger partial charge in [-0.25, -0.2) is 0 Å². The third kappa shape index (κ3) is 3.50. The van der Waals surface area contributed by atoms with Gasteiger partial charge in [0.05, 0.1) is 11.6 Å². The first kappa shape index (κ1) is 13.0. The molecule has 2 nitrogen and oxygen atoms in total. The second-order valence-corrected chi connectivity index (χ2v) is 5.37. The lowest BCUT2D eigenvalue weighted by Gasteiger charge is -2.28. The topological polar surface area (TPSA) is 35.8 Å². The molecule has 0 aliphatic heterocycles. The van der Waals surface area contributed by atoms with Crippen LogP contribution in [0.4, 0.5) is 5.69 Å². The van der Waals surface area contributed by atoms with Crippen LogP contribution >= 0.6 is 0 Å². The molecular formula is C16H22N2. The number of benzene rings is 1. The number of nitriles is 1. The molecule has 0 heterocycles. The van der Waals surface area contributed by atoms with Crippen LogP contribution in [0.5, 0.6) is 0 Å². The smallest absolute Gasteiger partial charge is 0.0991 e. The van der Waals surface area contributed by atoms with E-state index < -0.39 is 0 Å². The van der Waals surface area contributed by atoms with E-state index in [1.807, 2.05) is 24.3 Å². The molecule has 0 radical (unpaired) electrons. The van der Waals surface area contributed by atoms with E-state index in [0.717, 1.165) is 29.6 Å². The highest BCUT2D eigenvalue weighted by atomic mass is 14.9. The summed E-state index contributed by atoms with van der Waals surface area (Å²) < 4.78 is 0. The molecule has 2 heteroatoms. The van der Waals surface area contributed by atoms with Crippen molar-refractivity contribution in [2.45, 2.75) is 39.0 Å². The van der Waals surface area contributed by atoms with Crippen molar-refractivity contribution in [2.75, 3.05) is 11.9 Å². The first-order chi connectivity index (χ1) is 8.81. The molecule has 96 valence electrons. The zero-order valence-corrected chi connectivity index (χ0v) is 11.2. The van der Waals surface area contributed by atoms with Crippen molar-refractivity contribution in [1.29, 1.82) is 5.26 Å². The van der Waals surface area contributed by atoms with Crippen LogP contribution in [0.15, 0.2) is 24.3 Å². The minimum absolute atomic E-state index is 0.726. The molecule has 1 fully saturated rings.